The number of phenols is 1. The molecule has 0 radical (unpaired) electrons. The summed E-state index contributed by atoms with van der Waals surface area (Å²) in [4.78, 5) is 11.4. The van der Waals surface area contributed by atoms with Crippen LogP contribution < -0.4 is 10.1 Å². The third-order valence-corrected chi connectivity index (χ3v) is 4.85. The first-order valence-electron chi connectivity index (χ1n) is 9.75. The highest BCUT2D eigenvalue weighted by atomic mass is 16.5. The fourth-order valence-electron chi connectivity index (χ4n) is 3.25. The number of nitrogens with one attached hydrogen (secondary N) is 1. The van der Waals surface area contributed by atoms with Crippen molar-refractivity contribution in [1.29, 1.82) is 0 Å². The Morgan fingerprint density at radius 2 is 2.00 bits per heavy atom. The quantitative estimate of drug-likeness (QED) is 0.455. The summed E-state index contributed by atoms with van der Waals surface area (Å²) in [5.74, 6) is 0.727. The van der Waals surface area contributed by atoms with Crippen molar-refractivity contribution < 1.29 is 24.5 Å². The Kier molecular flexibility index (Phi) is 10.8. The summed E-state index contributed by atoms with van der Waals surface area (Å²) >= 11 is 0. The molecule has 3 N–H and O–H groups in total. The van der Waals surface area contributed by atoms with E-state index in [1.165, 1.54) is 14.0 Å². The fourth-order valence-corrected chi connectivity index (χ4v) is 3.25. The lowest BCUT2D eigenvalue weighted by Crippen LogP contribution is -2.25. The Labute approximate surface area is 162 Å². The predicted molar refractivity (Wildman–Crippen MR) is 106 cm³/mol. The number of hydrogen-bond acceptors (Lipinski definition) is 6. The van der Waals surface area contributed by atoms with Gasteiger partial charge in [-0.1, -0.05) is 19.4 Å². The van der Waals surface area contributed by atoms with Gasteiger partial charge < -0.3 is 25.0 Å². The monoisotopic (exact) mass is 381 g/mol. The molecule has 0 heterocycles. The molecule has 1 aromatic carbocycles. The molecule has 3 atom stereocenters. The molecule has 0 aliphatic heterocycles. The number of hydrogen-bond donors (Lipinski definition) is 3. The van der Waals surface area contributed by atoms with Crippen LogP contribution in [0.5, 0.6) is 11.5 Å². The van der Waals surface area contributed by atoms with Gasteiger partial charge >= 0.3 is 5.97 Å². The van der Waals surface area contributed by atoms with Crippen molar-refractivity contribution in [2.24, 2.45) is 5.92 Å². The maximum atomic E-state index is 11.4. The molecule has 0 aliphatic rings. The van der Waals surface area contributed by atoms with E-state index in [0.29, 0.717) is 37.4 Å². The molecule has 0 aromatic heterocycles. The van der Waals surface area contributed by atoms with Crippen molar-refractivity contribution in [3.63, 3.8) is 0 Å². The Hall–Kier alpha value is -1.79. The number of carbonyl (C=O) groups is 1. The molecule has 0 bridgehead atoms. The minimum Gasteiger partial charge on any atom is -0.504 e. The Morgan fingerprint density at radius 1 is 1.26 bits per heavy atom. The van der Waals surface area contributed by atoms with Gasteiger partial charge in [0.25, 0.3) is 0 Å². The summed E-state index contributed by atoms with van der Waals surface area (Å²) in [5.41, 5.74) is 0.983. The van der Waals surface area contributed by atoms with Crippen LogP contribution in [0, 0.1) is 5.92 Å². The first-order chi connectivity index (χ1) is 12.9. The number of aryl methyl sites for hydroxylation is 1. The van der Waals surface area contributed by atoms with E-state index < -0.39 is 6.10 Å². The van der Waals surface area contributed by atoms with Gasteiger partial charge in [0.2, 0.25) is 0 Å². The topological polar surface area (TPSA) is 88.0 Å². The standard InChI is InChI=1S/C21H35NO5/c1-5-16(14-22-3)6-9-18(24)13-19(27-15(2)23)10-7-17-8-11-20(25)21(12-17)26-4/h8,11-12,16,18-19,22,24-25H,5-7,9-10,13-14H2,1-4H3/t16-,18+,19-/m1/s1. The van der Waals surface area contributed by atoms with Gasteiger partial charge in [-0.3, -0.25) is 4.79 Å². The van der Waals surface area contributed by atoms with E-state index >= 15 is 0 Å². The van der Waals surface area contributed by atoms with Crippen LogP contribution in [0.15, 0.2) is 18.2 Å². The zero-order chi connectivity index (χ0) is 20.2. The number of esters is 1. The molecule has 1 rings (SSSR count). The summed E-state index contributed by atoms with van der Waals surface area (Å²) < 4.78 is 10.5. The van der Waals surface area contributed by atoms with Gasteiger partial charge in [0.05, 0.1) is 13.2 Å². The number of carbonyl (C=O) groups excluding carboxylic acids is 1. The normalized spacial score (nSPS) is 14.4. The number of phenolic OH excluding ortho intramolecular Hbond substituents is 1. The molecule has 0 aliphatic carbocycles. The lowest BCUT2D eigenvalue weighted by molar-refractivity contribution is -0.148. The van der Waals surface area contributed by atoms with E-state index in [1.807, 2.05) is 13.1 Å². The largest absolute Gasteiger partial charge is 0.504 e. The van der Waals surface area contributed by atoms with Crippen LogP contribution in [0.1, 0.15) is 51.5 Å². The Balaban J connectivity index is 2.58. The highest BCUT2D eigenvalue weighted by Crippen LogP contribution is 2.27. The molecule has 0 spiro atoms. The lowest BCUT2D eigenvalue weighted by Gasteiger charge is -2.22. The minimum absolute atomic E-state index is 0.0975. The minimum atomic E-state index is -0.491. The molecule has 6 nitrogen and oxygen atoms in total. The van der Waals surface area contributed by atoms with Gasteiger partial charge in [-0.2, -0.15) is 0 Å². The maximum absolute atomic E-state index is 11.4. The van der Waals surface area contributed by atoms with E-state index in [-0.39, 0.29) is 17.8 Å². The zero-order valence-corrected chi connectivity index (χ0v) is 17.0. The molecular weight excluding hydrogens is 346 g/mol. The summed E-state index contributed by atoms with van der Waals surface area (Å²) in [6, 6.07) is 5.19. The number of aliphatic hydroxyl groups is 1. The van der Waals surface area contributed by atoms with Crippen molar-refractivity contribution in [3.05, 3.63) is 23.8 Å². The molecule has 0 fully saturated rings. The van der Waals surface area contributed by atoms with Crippen molar-refractivity contribution in [1.82, 2.24) is 5.32 Å². The number of aliphatic hydroxyl groups excluding tert-OH is 1. The number of ether oxygens (including phenoxy) is 2. The summed E-state index contributed by atoms with van der Waals surface area (Å²) in [6.45, 7) is 4.49. The average Bonchev–Trinajstić information content (AvgIpc) is 2.63. The number of rotatable bonds is 13. The second-order valence-corrected chi connectivity index (χ2v) is 7.08. The van der Waals surface area contributed by atoms with Crippen LogP contribution in [0.2, 0.25) is 0 Å². The van der Waals surface area contributed by atoms with E-state index in [4.69, 9.17) is 9.47 Å². The van der Waals surface area contributed by atoms with Crippen LogP contribution in [0.4, 0.5) is 0 Å². The number of aromatic hydroxyl groups is 1. The number of benzene rings is 1. The van der Waals surface area contributed by atoms with Gasteiger partial charge in [-0.15, -0.1) is 0 Å². The van der Waals surface area contributed by atoms with Crippen molar-refractivity contribution >= 4 is 5.97 Å². The smallest absolute Gasteiger partial charge is 0.302 e. The van der Waals surface area contributed by atoms with Crippen molar-refractivity contribution in [2.45, 2.75) is 64.6 Å². The van der Waals surface area contributed by atoms with Gasteiger partial charge in [0.1, 0.15) is 6.10 Å². The van der Waals surface area contributed by atoms with Gasteiger partial charge in [-0.25, -0.2) is 0 Å². The van der Waals surface area contributed by atoms with E-state index in [9.17, 15) is 15.0 Å². The molecule has 0 saturated heterocycles. The average molecular weight is 382 g/mol. The zero-order valence-electron chi connectivity index (χ0n) is 17.0. The molecular formula is C21H35NO5. The summed E-state index contributed by atoms with van der Waals surface area (Å²) in [6.07, 6.45) is 3.60. The molecule has 6 heteroatoms. The fraction of sp³-hybridized carbons (Fsp3) is 0.667. The van der Waals surface area contributed by atoms with Crippen molar-refractivity contribution in [2.75, 3.05) is 20.7 Å². The van der Waals surface area contributed by atoms with Crippen LogP contribution >= 0.6 is 0 Å². The van der Waals surface area contributed by atoms with Crippen molar-refractivity contribution in [3.8, 4) is 11.5 Å². The lowest BCUT2D eigenvalue weighted by atomic mass is 9.95. The third-order valence-electron chi connectivity index (χ3n) is 4.85. The van der Waals surface area contributed by atoms with E-state index in [1.54, 1.807) is 12.1 Å². The highest BCUT2D eigenvalue weighted by Gasteiger charge is 2.19. The van der Waals surface area contributed by atoms with E-state index in [0.717, 1.165) is 24.9 Å². The SMILES string of the molecule is CC[C@H](CC[C@H](O)C[C@@H](CCc1ccc(O)c(OC)c1)OC(C)=O)CNC. The second kappa shape index (κ2) is 12.6. The van der Waals surface area contributed by atoms with Crippen LogP contribution in [0.25, 0.3) is 0 Å². The van der Waals surface area contributed by atoms with Gasteiger partial charge in [0, 0.05) is 13.3 Å². The Bertz CT molecular complexity index is 564. The molecule has 0 amide bonds. The predicted octanol–water partition coefficient (Wildman–Crippen LogP) is 3.04. The van der Waals surface area contributed by atoms with Crippen LogP contribution in [-0.2, 0) is 16.0 Å². The summed E-state index contributed by atoms with van der Waals surface area (Å²) in [7, 11) is 3.45. The van der Waals surface area contributed by atoms with Gasteiger partial charge in [0.15, 0.2) is 11.5 Å². The van der Waals surface area contributed by atoms with Crippen LogP contribution in [0.3, 0.4) is 0 Å². The molecule has 0 saturated carbocycles. The first kappa shape index (κ1) is 23.2. The third kappa shape index (κ3) is 9.11. The Morgan fingerprint density at radius 3 is 2.59 bits per heavy atom. The van der Waals surface area contributed by atoms with E-state index in [2.05, 4.69) is 12.2 Å². The second-order valence-electron chi connectivity index (χ2n) is 7.08. The highest BCUT2D eigenvalue weighted by molar-refractivity contribution is 5.66. The maximum Gasteiger partial charge on any atom is 0.302 e. The molecule has 27 heavy (non-hydrogen) atoms. The molecule has 1 aromatic rings. The van der Waals surface area contributed by atoms with Crippen LogP contribution in [-0.4, -0.2) is 49.1 Å². The van der Waals surface area contributed by atoms with Gasteiger partial charge in [-0.05, 0) is 62.9 Å². The molecule has 154 valence electrons. The molecule has 0 unspecified atom stereocenters. The summed E-state index contributed by atoms with van der Waals surface area (Å²) in [5, 5.41) is 23.3. The first-order valence-corrected chi connectivity index (χ1v) is 9.75. The number of methoxy groups -OCH3 is 1.